The van der Waals surface area contributed by atoms with Crippen LogP contribution in [-0.2, 0) is 9.53 Å². The summed E-state index contributed by atoms with van der Waals surface area (Å²) >= 11 is 7.34. The molecule has 6 heteroatoms. The molecule has 4 nitrogen and oxygen atoms in total. The normalized spacial score (nSPS) is 21.9. The quantitative estimate of drug-likeness (QED) is 0.576. The van der Waals surface area contributed by atoms with Crippen LogP contribution in [-0.4, -0.2) is 23.6 Å². The summed E-state index contributed by atoms with van der Waals surface area (Å²) in [5.74, 6) is -0.301. The van der Waals surface area contributed by atoms with Gasteiger partial charge in [0.1, 0.15) is 10.7 Å². The lowest BCUT2D eigenvalue weighted by molar-refractivity contribution is -0.138. The third-order valence-electron chi connectivity index (χ3n) is 4.77. The Labute approximate surface area is 153 Å². The molecular formula is C18H26N2O2S2. The third-order valence-corrected chi connectivity index (χ3v) is 6.53. The average molecular weight is 367 g/mol. The van der Waals surface area contributed by atoms with E-state index < -0.39 is 0 Å². The molecule has 3 aliphatic rings. The van der Waals surface area contributed by atoms with Crippen LogP contribution in [0.1, 0.15) is 64.7 Å². The molecule has 3 rings (SSSR count). The number of rotatable bonds is 4. The van der Waals surface area contributed by atoms with E-state index >= 15 is 0 Å². The minimum Gasteiger partial charge on any atom is -0.461 e. The maximum absolute atomic E-state index is 12.4. The number of carbonyl (C=O) groups is 1. The lowest BCUT2D eigenvalue weighted by Crippen LogP contribution is -2.38. The van der Waals surface area contributed by atoms with Crippen LogP contribution in [0.15, 0.2) is 21.2 Å². The Morgan fingerprint density at radius 1 is 1.25 bits per heavy atom. The fourth-order valence-electron chi connectivity index (χ4n) is 3.51. The Morgan fingerprint density at radius 2 is 2.00 bits per heavy atom. The zero-order valence-electron chi connectivity index (χ0n) is 14.3. The molecule has 0 aromatic rings. The molecule has 24 heavy (non-hydrogen) atoms. The van der Waals surface area contributed by atoms with E-state index in [1.165, 1.54) is 42.7 Å². The summed E-state index contributed by atoms with van der Waals surface area (Å²) in [5, 5.41) is 6.84. The van der Waals surface area contributed by atoms with E-state index in [9.17, 15) is 4.79 Å². The summed E-state index contributed by atoms with van der Waals surface area (Å²) in [5.41, 5.74) is 1.70. The van der Waals surface area contributed by atoms with Crippen LogP contribution in [0.3, 0.4) is 0 Å². The van der Waals surface area contributed by atoms with Crippen molar-refractivity contribution in [1.29, 1.82) is 0 Å². The van der Waals surface area contributed by atoms with Crippen molar-refractivity contribution in [1.82, 2.24) is 10.6 Å². The minimum atomic E-state index is -0.301. The van der Waals surface area contributed by atoms with Gasteiger partial charge < -0.3 is 15.4 Å². The summed E-state index contributed by atoms with van der Waals surface area (Å²) in [4.78, 5) is 15.3. The van der Waals surface area contributed by atoms with Crippen molar-refractivity contribution >= 4 is 34.9 Å². The fraction of sp³-hybridized carbons (Fsp3) is 0.667. The van der Waals surface area contributed by atoms with Crippen molar-refractivity contribution in [2.75, 3.05) is 6.61 Å². The molecule has 1 fully saturated rings. The third kappa shape index (κ3) is 4.14. The largest absolute Gasteiger partial charge is 0.461 e. The van der Waals surface area contributed by atoms with Crippen LogP contribution in [0, 0.1) is 0 Å². The van der Waals surface area contributed by atoms with Crippen LogP contribution in [0.4, 0.5) is 0 Å². The van der Waals surface area contributed by atoms with Crippen molar-refractivity contribution in [3.8, 4) is 0 Å². The van der Waals surface area contributed by atoms with E-state index in [0.29, 0.717) is 23.3 Å². The van der Waals surface area contributed by atoms with Gasteiger partial charge in [-0.1, -0.05) is 43.2 Å². The SMILES string of the molecule is CCOC(=O)C1=C(C(=S)NC2CCCCC2)SC2=C(CCCC2)N1. The van der Waals surface area contributed by atoms with Gasteiger partial charge in [0.25, 0.3) is 0 Å². The highest BCUT2D eigenvalue weighted by Crippen LogP contribution is 2.41. The van der Waals surface area contributed by atoms with Crippen molar-refractivity contribution in [3.05, 3.63) is 21.2 Å². The number of hydrogen-bond acceptors (Lipinski definition) is 5. The number of allylic oxidation sites excluding steroid dienone is 2. The molecule has 0 amide bonds. The number of hydrogen-bond donors (Lipinski definition) is 2. The topological polar surface area (TPSA) is 50.4 Å². The van der Waals surface area contributed by atoms with E-state index in [1.54, 1.807) is 11.8 Å². The first-order valence-corrected chi connectivity index (χ1v) is 10.3. The van der Waals surface area contributed by atoms with Gasteiger partial charge >= 0.3 is 5.97 Å². The highest BCUT2D eigenvalue weighted by Gasteiger charge is 2.30. The molecule has 0 radical (unpaired) electrons. The monoisotopic (exact) mass is 366 g/mol. The van der Waals surface area contributed by atoms with E-state index in [0.717, 1.165) is 30.6 Å². The second-order valence-electron chi connectivity index (χ2n) is 6.57. The van der Waals surface area contributed by atoms with Crippen molar-refractivity contribution in [2.45, 2.75) is 70.8 Å². The van der Waals surface area contributed by atoms with E-state index in [-0.39, 0.29) is 5.97 Å². The number of nitrogens with one attached hydrogen (secondary N) is 2. The first kappa shape index (κ1) is 17.8. The summed E-state index contributed by atoms with van der Waals surface area (Å²) in [6.07, 6.45) is 10.6. The molecule has 1 heterocycles. The maximum atomic E-state index is 12.4. The molecule has 0 aromatic carbocycles. The molecule has 2 N–H and O–H groups in total. The number of thiocarbonyl (C=S) groups is 1. The molecule has 2 aliphatic carbocycles. The van der Waals surface area contributed by atoms with Gasteiger partial charge in [-0.2, -0.15) is 0 Å². The number of ether oxygens (including phenoxy) is 1. The van der Waals surface area contributed by atoms with Gasteiger partial charge in [0.05, 0.1) is 11.5 Å². The van der Waals surface area contributed by atoms with Crippen LogP contribution in [0.2, 0.25) is 0 Å². The van der Waals surface area contributed by atoms with Crippen molar-refractivity contribution in [3.63, 3.8) is 0 Å². The van der Waals surface area contributed by atoms with Crippen LogP contribution in [0.25, 0.3) is 0 Å². The Kier molecular flexibility index (Phi) is 6.22. The van der Waals surface area contributed by atoms with Gasteiger partial charge in [-0.3, -0.25) is 0 Å². The van der Waals surface area contributed by atoms with Gasteiger partial charge in [0, 0.05) is 16.6 Å². The second-order valence-corrected chi connectivity index (χ2v) is 8.08. The minimum absolute atomic E-state index is 0.301. The summed E-state index contributed by atoms with van der Waals surface area (Å²) in [7, 11) is 0. The predicted octanol–water partition coefficient (Wildman–Crippen LogP) is 4.13. The van der Waals surface area contributed by atoms with Gasteiger partial charge in [-0.05, 0) is 45.4 Å². The van der Waals surface area contributed by atoms with Gasteiger partial charge in [-0.25, -0.2) is 4.79 Å². The predicted molar refractivity (Wildman–Crippen MR) is 102 cm³/mol. The molecule has 0 bridgehead atoms. The van der Waals surface area contributed by atoms with Gasteiger partial charge in [0.2, 0.25) is 0 Å². The molecule has 0 unspecified atom stereocenters. The van der Waals surface area contributed by atoms with E-state index in [1.807, 2.05) is 6.92 Å². The van der Waals surface area contributed by atoms with Crippen molar-refractivity contribution in [2.24, 2.45) is 0 Å². The van der Waals surface area contributed by atoms with E-state index in [2.05, 4.69) is 10.6 Å². The van der Waals surface area contributed by atoms with Crippen LogP contribution < -0.4 is 10.6 Å². The Bertz CT molecular complexity index is 578. The highest BCUT2D eigenvalue weighted by atomic mass is 32.2. The molecule has 0 aromatic heterocycles. The van der Waals surface area contributed by atoms with Crippen LogP contribution in [0.5, 0.6) is 0 Å². The fourth-order valence-corrected chi connectivity index (χ4v) is 5.06. The number of esters is 1. The maximum Gasteiger partial charge on any atom is 0.356 e. The number of thioether (sulfide) groups is 1. The average Bonchev–Trinajstić information content (AvgIpc) is 2.61. The van der Waals surface area contributed by atoms with Gasteiger partial charge in [0.15, 0.2) is 0 Å². The Hall–Kier alpha value is -1.01. The molecule has 0 saturated heterocycles. The Balaban J connectivity index is 1.78. The van der Waals surface area contributed by atoms with Crippen molar-refractivity contribution < 1.29 is 9.53 Å². The standard InChI is InChI=1S/C18H26N2O2S2/c1-2-22-18(21)15-16(17(23)19-12-8-4-3-5-9-12)24-14-11-7-6-10-13(14)20-15/h12,20H,2-11H2,1H3,(H,19,23). The lowest BCUT2D eigenvalue weighted by atomic mass is 9.95. The molecule has 0 spiro atoms. The van der Waals surface area contributed by atoms with E-state index in [4.69, 9.17) is 17.0 Å². The molecule has 132 valence electrons. The van der Waals surface area contributed by atoms with Gasteiger partial charge in [-0.15, -0.1) is 0 Å². The molecule has 1 saturated carbocycles. The zero-order chi connectivity index (χ0) is 16.9. The Morgan fingerprint density at radius 3 is 2.75 bits per heavy atom. The summed E-state index contributed by atoms with van der Waals surface area (Å²) in [6, 6.07) is 0.435. The first-order chi connectivity index (χ1) is 11.7. The number of carbonyl (C=O) groups excluding carboxylic acids is 1. The summed E-state index contributed by atoms with van der Waals surface area (Å²) in [6.45, 7) is 2.20. The first-order valence-electron chi connectivity index (χ1n) is 9.08. The zero-order valence-corrected chi connectivity index (χ0v) is 15.9. The lowest BCUT2D eigenvalue weighted by Gasteiger charge is -2.31. The molecule has 0 atom stereocenters. The highest BCUT2D eigenvalue weighted by molar-refractivity contribution is 8.08. The smallest absolute Gasteiger partial charge is 0.356 e. The summed E-state index contributed by atoms with van der Waals surface area (Å²) < 4.78 is 5.25. The molecular weight excluding hydrogens is 340 g/mol. The second kappa shape index (κ2) is 8.39. The van der Waals surface area contributed by atoms with Crippen LogP contribution >= 0.6 is 24.0 Å². The molecule has 1 aliphatic heterocycles.